The molecule has 0 atom stereocenters. The van der Waals surface area contributed by atoms with Gasteiger partial charge in [0, 0.05) is 4.47 Å². The SMILES string of the molecule is Brc1ccc(COC2CCC2)cc1. The van der Waals surface area contributed by atoms with Crippen LogP contribution in [0, 0.1) is 0 Å². The van der Waals surface area contributed by atoms with Gasteiger partial charge >= 0.3 is 0 Å². The van der Waals surface area contributed by atoms with E-state index in [-0.39, 0.29) is 0 Å². The van der Waals surface area contributed by atoms with Crippen LogP contribution in [-0.4, -0.2) is 6.10 Å². The molecule has 0 bridgehead atoms. The molecule has 13 heavy (non-hydrogen) atoms. The lowest BCUT2D eigenvalue weighted by Crippen LogP contribution is -2.21. The molecule has 70 valence electrons. The monoisotopic (exact) mass is 240 g/mol. The molecule has 0 aliphatic heterocycles. The maximum Gasteiger partial charge on any atom is 0.0720 e. The maximum absolute atomic E-state index is 5.69. The summed E-state index contributed by atoms with van der Waals surface area (Å²) >= 11 is 3.41. The highest BCUT2D eigenvalue weighted by Gasteiger charge is 2.17. The molecular formula is C11H13BrO. The first-order chi connectivity index (χ1) is 6.34. The van der Waals surface area contributed by atoms with E-state index in [1.165, 1.54) is 24.8 Å². The zero-order valence-corrected chi connectivity index (χ0v) is 9.09. The van der Waals surface area contributed by atoms with Gasteiger partial charge in [0.2, 0.25) is 0 Å². The molecule has 2 rings (SSSR count). The molecule has 0 heterocycles. The smallest absolute Gasteiger partial charge is 0.0720 e. The van der Waals surface area contributed by atoms with Gasteiger partial charge in [0.1, 0.15) is 0 Å². The maximum atomic E-state index is 5.69. The van der Waals surface area contributed by atoms with Crippen LogP contribution >= 0.6 is 15.9 Å². The molecule has 1 nitrogen and oxygen atoms in total. The third-order valence-electron chi connectivity index (χ3n) is 2.45. The summed E-state index contributed by atoms with van der Waals surface area (Å²) in [6.45, 7) is 0.762. The van der Waals surface area contributed by atoms with Crippen LogP contribution in [0.3, 0.4) is 0 Å². The van der Waals surface area contributed by atoms with Crippen molar-refractivity contribution < 1.29 is 4.74 Å². The molecule has 2 heteroatoms. The first-order valence-electron chi connectivity index (χ1n) is 4.70. The lowest BCUT2D eigenvalue weighted by atomic mass is 9.96. The number of rotatable bonds is 3. The van der Waals surface area contributed by atoms with Crippen molar-refractivity contribution in [2.75, 3.05) is 0 Å². The number of halogens is 1. The molecule has 1 fully saturated rings. The average molecular weight is 241 g/mol. The van der Waals surface area contributed by atoms with Crippen molar-refractivity contribution in [3.05, 3.63) is 34.3 Å². The van der Waals surface area contributed by atoms with Crippen LogP contribution in [0.1, 0.15) is 24.8 Å². The van der Waals surface area contributed by atoms with Crippen molar-refractivity contribution in [1.82, 2.24) is 0 Å². The summed E-state index contributed by atoms with van der Waals surface area (Å²) in [5, 5.41) is 0. The molecule has 0 radical (unpaired) electrons. The summed E-state index contributed by atoms with van der Waals surface area (Å²) in [5.41, 5.74) is 1.26. The number of hydrogen-bond donors (Lipinski definition) is 0. The molecule has 0 saturated heterocycles. The van der Waals surface area contributed by atoms with E-state index in [1.807, 2.05) is 0 Å². The summed E-state index contributed by atoms with van der Waals surface area (Å²) < 4.78 is 6.81. The standard InChI is InChI=1S/C11H13BrO/c12-10-6-4-9(5-7-10)8-13-11-2-1-3-11/h4-7,11H,1-3,8H2. The topological polar surface area (TPSA) is 9.23 Å². The molecule has 0 unspecified atom stereocenters. The van der Waals surface area contributed by atoms with Gasteiger partial charge in [0.15, 0.2) is 0 Å². The van der Waals surface area contributed by atoms with E-state index in [2.05, 4.69) is 40.2 Å². The normalized spacial score (nSPS) is 17.0. The largest absolute Gasteiger partial charge is 0.374 e. The van der Waals surface area contributed by atoms with Crippen LogP contribution in [0.2, 0.25) is 0 Å². The van der Waals surface area contributed by atoms with Gasteiger partial charge in [0.05, 0.1) is 12.7 Å². The van der Waals surface area contributed by atoms with Gasteiger partial charge in [0.25, 0.3) is 0 Å². The molecule has 1 aromatic rings. The molecule has 1 saturated carbocycles. The van der Waals surface area contributed by atoms with E-state index in [9.17, 15) is 0 Å². The van der Waals surface area contributed by atoms with E-state index in [0.717, 1.165) is 11.1 Å². The Morgan fingerprint density at radius 2 is 1.92 bits per heavy atom. The zero-order valence-electron chi connectivity index (χ0n) is 7.50. The Morgan fingerprint density at radius 3 is 2.46 bits per heavy atom. The third kappa shape index (κ3) is 2.55. The van der Waals surface area contributed by atoms with Gasteiger partial charge in [-0.2, -0.15) is 0 Å². The van der Waals surface area contributed by atoms with Crippen molar-refractivity contribution >= 4 is 15.9 Å². The van der Waals surface area contributed by atoms with Gasteiger partial charge in [-0.25, -0.2) is 0 Å². The molecule has 0 amide bonds. The molecule has 0 spiro atoms. The Kier molecular flexibility index (Phi) is 3.01. The quantitative estimate of drug-likeness (QED) is 0.786. The predicted octanol–water partition coefficient (Wildman–Crippen LogP) is 3.52. The van der Waals surface area contributed by atoms with Crippen LogP contribution in [0.4, 0.5) is 0 Å². The molecule has 1 aliphatic carbocycles. The number of hydrogen-bond acceptors (Lipinski definition) is 1. The van der Waals surface area contributed by atoms with Gasteiger partial charge in [-0.1, -0.05) is 28.1 Å². The van der Waals surface area contributed by atoms with Crippen molar-refractivity contribution in [2.45, 2.75) is 32.0 Å². The summed E-state index contributed by atoms with van der Waals surface area (Å²) in [4.78, 5) is 0. The minimum atomic E-state index is 0.531. The third-order valence-corrected chi connectivity index (χ3v) is 2.98. The Labute approximate surface area is 87.2 Å². The Bertz CT molecular complexity index is 264. The second-order valence-corrected chi connectivity index (χ2v) is 4.41. The first kappa shape index (κ1) is 9.22. The van der Waals surface area contributed by atoms with Gasteiger partial charge in [-0.15, -0.1) is 0 Å². The van der Waals surface area contributed by atoms with Crippen LogP contribution in [0.25, 0.3) is 0 Å². The Hall–Kier alpha value is -0.340. The van der Waals surface area contributed by atoms with Crippen LogP contribution in [0.5, 0.6) is 0 Å². The Morgan fingerprint density at radius 1 is 1.23 bits per heavy atom. The fourth-order valence-electron chi connectivity index (χ4n) is 1.33. The van der Waals surface area contributed by atoms with Gasteiger partial charge in [-0.05, 0) is 37.0 Å². The summed E-state index contributed by atoms with van der Waals surface area (Å²) in [6, 6.07) is 8.31. The van der Waals surface area contributed by atoms with Gasteiger partial charge < -0.3 is 4.74 Å². The Balaban J connectivity index is 1.83. The summed E-state index contributed by atoms with van der Waals surface area (Å²) in [7, 11) is 0. The minimum Gasteiger partial charge on any atom is -0.374 e. The van der Waals surface area contributed by atoms with Crippen molar-refractivity contribution in [2.24, 2.45) is 0 Å². The second-order valence-electron chi connectivity index (χ2n) is 3.49. The van der Waals surface area contributed by atoms with Crippen LogP contribution in [0.15, 0.2) is 28.7 Å². The molecule has 1 aromatic carbocycles. The highest BCUT2D eigenvalue weighted by Crippen LogP contribution is 2.23. The van der Waals surface area contributed by atoms with E-state index in [4.69, 9.17) is 4.74 Å². The van der Waals surface area contributed by atoms with E-state index in [0.29, 0.717) is 6.10 Å². The van der Waals surface area contributed by atoms with E-state index in [1.54, 1.807) is 0 Å². The van der Waals surface area contributed by atoms with E-state index >= 15 is 0 Å². The average Bonchev–Trinajstić information content (AvgIpc) is 2.05. The molecule has 0 N–H and O–H groups in total. The van der Waals surface area contributed by atoms with E-state index < -0.39 is 0 Å². The lowest BCUT2D eigenvalue weighted by molar-refractivity contribution is -0.00866. The number of ether oxygens (including phenoxy) is 1. The first-order valence-corrected chi connectivity index (χ1v) is 5.50. The zero-order chi connectivity index (χ0) is 9.10. The summed E-state index contributed by atoms with van der Waals surface area (Å²) in [5.74, 6) is 0. The predicted molar refractivity (Wildman–Crippen MR) is 56.6 cm³/mol. The van der Waals surface area contributed by atoms with Crippen molar-refractivity contribution in [3.63, 3.8) is 0 Å². The summed E-state index contributed by atoms with van der Waals surface area (Å²) in [6.07, 6.45) is 4.36. The van der Waals surface area contributed by atoms with Crippen molar-refractivity contribution in [1.29, 1.82) is 0 Å². The minimum absolute atomic E-state index is 0.531. The molecule has 0 aromatic heterocycles. The molecular weight excluding hydrogens is 228 g/mol. The number of benzene rings is 1. The highest BCUT2D eigenvalue weighted by atomic mass is 79.9. The lowest BCUT2D eigenvalue weighted by Gasteiger charge is -2.25. The fourth-order valence-corrected chi connectivity index (χ4v) is 1.60. The van der Waals surface area contributed by atoms with Crippen molar-refractivity contribution in [3.8, 4) is 0 Å². The highest BCUT2D eigenvalue weighted by molar-refractivity contribution is 9.10. The van der Waals surface area contributed by atoms with Crippen LogP contribution < -0.4 is 0 Å². The van der Waals surface area contributed by atoms with Crippen LogP contribution in [-0.2, 0) is 11.3 Å². The fraction of sp³-hybridized carbons (Fsp3) is 0.455. The molecule has 1 aliphatic rings. The van der Waals surface area contributed by atoms with Gasteiger partial charge in [-0.3, -0.25) is 0 Å². The second kappa shape index (κ2) is 4.25.